The Hall–Kier alpha value is -1.78. The lowest BCUT2D eigenvalue weighted by molar-refractivity contribution is -0.109. The van der Waals surface area contributed by atoms with E-state index in [1.165, 1.54) is 0 Å². The van der Waals surface area contributed by atoms with Gasteiger partial charge in [-0.05, 0) is 18.9 Å². The number of Topliss-reactive ketones (excluding diaryl/α,β-unsaturated/α-hetero) is 1. The van der Waals surface area contributed by atoms with Gasteiger partial charge in [-0.25, -0.2) is 8.78 Å². The largest absolute Gasteiger partial charge is 0.367 e. The molecule has 1 aromatic rings. The highest BCUT2D eigenvalue weighted by Crippen LogP contribution is 2.38. The molecule has 0 bridgehead atoms. The van der Waals surface area contributed by atoms with Crippen LogP contribution in [0.25, 0.3) is 0 Å². The van der Waals surface area contributed by atoms with Crippen molar-refractivity contribution in [2.45, 2.75) is 18.9 Å². The predicted octanol–water partition coefficient (Wildman–Crippen LogP) is 1.95. The average Bonchev–Trinajstić information content (AvgIpc) is 3.17. The first-order valence-electron chi connectivity index (χ1n) is 5.87. The van der Waals surface area contributed by atoms with E-state index in [0.717, 1.165) is 25.0 Å². The molecule has 2 aliphatic rings. The van der Waals surface area contributed by atoms with E-state index >= 15 is 0 Å². The minimum atomic E-state index is -1.05. The topological polar surface area (TPSA) is 37.4 Å². The molecule has 0 aromatic heterocycles. The molecule has 18 heavy (non-hydrogen) atoms. The molecule has 94 valence electrons. The Kier molecular flexibility index (Phi) is 2.43. The maximum absolute atomic E-state index is 13.3. The molecule has 0 N–H and O–H groups in total. The summed E-state index contributed by atoms with van der Waals surface area (Å²) in [6.07, 6.45) is 2.50. The van der Waals surface area contributed by atoms with Crippen LogP contribution in [0.3, 0.4) is 0 Å². The standard InChI is InChI=1S/C13H11F2NO2/c14-10-3-9-12(4-11(10)15)16(8-1-2-8)5-7(6-17)13(9)18/h3-4,6-8H,1-2,5H2. The van der Waals surface area contributed by atoms with E-state index in [1.54, 1.807) is 0 Å². The zero-order valence-corrected chi connectivity index (χ0v) is 9.53. The summed E-state index contributed by atoms with van der Waals surface area (Å²) in [6.45, 7) is 0.269. The van der Waals surface area contributed by atoms with Crippen LogP contribution in [-0.4, -0.2) is 24.7 Å². The number of ketones is 1. The van der Waals surface area contributed by atoms with Gasteiger partial charge in [0, 0.05) is 24.2 Å². The lowest BCUT2D eigenvalue weighted by Crippen LogP contribution is -2.41. The number of fused-ring (bicyclic) bond motifs is 1. The van der Waals surface area contributed by atoms with Crippen molar-refractivity contribution in [2.75, 3.05) is 11.4 Å². The van der Waals surface area contributed by atoms with Crippen LogP contribution in [0, 0.1) is 17.6 Å². The molecule has 1 aromatic carbocycles. The van der Waals surface area contributed by atoms with E-state index in [2.05, 4.69) is 0 Å². The third-order valence-electron chi connectivity index (χ3n) is 3.50. The van der Waals surface area contributed by atoms with Crippen LogP contribution in [-0.2, 0) is 4.79 Å². The van der Waals surface area contributed by atoms with Gasteiger partial charge in [-0.2, -0.15) is 0 Å². The number of aldehydes is 1. The van der Waals surface area contributed by atoms with Crippen LogP contribution in [0.15, 0.2) is 12.1 Å². The number of benzene rings is 1. The molecule has 1 fully saturated rings. The molecular weight excluding hydrogens is 240 g/mol. The van der Waals surface area contributed by atoms with Crippen molar-refractivity contribution in [1.82, 2.24) is 0 Å². The lowest BCUT2D eigenvalue weighted by atomic mass is 9.91. The van der Waals surface area contributed by atoms with Crippen LogP contribution in [0.5, 0.6) is 0 Å². The normalized spacial score (nSPS) is 22.9. The van der Waals surface area contributed by atoms with Crippen LogP contribution in [0.4, 0.5) is 14.5 Å². The number of anilines is 1. The molecule has 1 aliphatic carbocycles. The maximum Gasteiger partial charge on any atom is 0.177 e. The van der Waals surface area contributed by atoms with Crippen molar-refractivity contribution in [2.24, 2.45) is 5.92 Å². The van der Waals surface area contributed by atoms with Gasteiger partial charge >= 0.3 is 0 Å². The van der Waals surface area contributed by atoms with Crippen molar-refractivity contribution < 1.29 is 18.4 Å². The third kappa shape index (κ3) is 1.62. The summed E-state index contributed by atoms with van der Waals surface area (Å²) in [5.41, 5.74) is 0.531. The van der Waals surface area contributed by atoms with Crippen molar-refractivity contribution in [1.29, 1.82) is 0 Å². The molecule has 3 nitrogen and oxygen atoms in total. The Bertz CT molecular complexity index is 540. The molecule has 3 rings (SSSR count). The first-order chi connectivity index (χ1) is 8.61. The summed E-state index contributed by atoms with van der Waals surface area (Å²) in [5.74, 6) is -3.21. The molecule has 1 aliphatic heterocycles. The SMILES string of the molecule is O=CC1CN(C2CC2)c2cc(F)c(F)cc2C1=O. The average molecular weight is 251 g/mol. The minimum Gasteiger partial charge on any atom is -0.367 e. The number of hydrogen-bond donors (Lipinski definition) is 0. The van der Waals surface area contributed by atoms with Gasteiger partial charge in [-0.15, -0.1) is 0 Å². The predicted molar refractivity (Wildman–Crippen MR) is 60.6 cm³/mol. The Labute approximate surface area is 102 Å². The smallest absolute Gasteiger partial charge is 0.177 e. The summed E-state index contributed by atoms with van der Waals surface area (Å²) in [6, 6.07) is 2.20. The molecule has 1 unspecified atom stereocenters. The maximum atomic E-state index is 13.3. The fourth-order valence-electron chi connectivity index (χ4n) is 2.40. The molecule has 1 atom stereocenters. The molecule has 1 saturated carbocycles. The summed E-state index contributed by atoms with van der Waals surface area (Å²) in [7, 11) is 0. The van der Waals surface area contributed by atoms with E-state index in [1.807, 2.05) is 4.90 Å². The molecule has 0 radical (unpaired) electrons. The number of hydrogen-bond acceptors (Lipinski definition) is 3. The van der Waals surface area contributed by atoms with Gasteiger partial charge < -0.3 is 9.69 Å². The Morgan fingerprint density at radius 1 is 1.22 bits per heavy atom. The van der Waals surface area contributed by atoms with E-state index < -0.39 is 23.3 Å². The Morgan fingerprint density at radius 3 is 2.50 bits per heavy atom. The number of carbonyl (C=O) groups excluding carboxylic acids is 2. The molecule has 0 saturated heterocycles. The van der Waals surface area contributed by atoms with E-state index in [0.29, 0.717) is 12.0 Å². The lowest BCUT2D eigenvalue weighted by Gasteiger charge is -2.33. The summed E-state index contributed by atoms with van der Waals surface area (Å²) in [5, 5.41) is 0. The molecule has 5 heteroatoms. The summed E-state index contributed by atoms with van der Waals surface area (Å²) >= 11 is 0. The van der Waals surface area contributed by atoms with Crippen LogP contribution >= 0.6 is 0 Å². The highest BCUT2D eigenvalue weighted by molar-refractivity contribution is 6.11. The quantitative estimate of drug-likeness (QED) is 0.595. The zero-order chi connectivity index (χ0) is 12.9. The van der Waals surface area contributed by atoms with Gasteiger partial charge in [-0.1, -0.05) is 0 Å². The number of carbonyl (C=O) groups is 2. The van der Waals surface area contributed by atoms with Crippen molar-refractivity contribution >= 4 is 17.8 Å². The Morgan fingerprint density at radius 2 is 1.89 bits per heavy atom. The molecule has 0 amide bonds. The van der Waals surface area contributed by atoms with Gasteiger partial charge in [0.1, 0.15) is 6.29 Å². The third-order valence-corrected chi connectivity index (χ3v) is 3.50. The first kappa shape index (κ1) is 11.3. The van der Waals surface area contributed by atoms with Crippen molar-refractivity contribution in [3.8, 4) is 0 Å². The van der Waals surface area contributed by atoms with E-state index in [9.17, 15) is 18.4 Å². The van der Waals surface area contributed by atoms with Crippen molar-refractivity contribution in [3.63, 3.8) is 0 Å². The second-order valence-electron chi connectivity index (χ2n) is 4.77. The van der Waals surface area contributed by atoms with Gasteiger partial charge in [0.2, 0.25) is 0 Å². The fraction of sp³-hybridized carbons (Fsp3) is 0.385. The molecule has 0 spiro atoms. The highest BCUT2D eigenvalue weighted by atomic mass is 19.2. The second-order valence-corrected chi connectivity index (χ2v) is 4.77. The second kappa shape index (κ2) is 3.86. The number of rotatable bonds is 2. The van der Waals surface area contributed by atoms with Gasteiger partial charge in [-0.3, -0.25) is 4.79 Å². The molecular formula is C13H11F2NO2. The zero-order valence-electron chi connectivity index (χ0n) is 9.53. The monoisotopic (exact) mass is 251 g/mol. The molecule has 1 heterocycles. The van der Waals surface area contributed by atoms with Gasteiger partial charge in [0.05, 0.1) is 11.6 Å². The fourth-order valence-corrected chi connectivity index (χ4v) is 2.40. The highest BCUT2D eigenvalue weighted by Gasteiger charge is 2.39. The van der Waals surface area contributed by atoms with E-state index in [-0.39, 0.29) is 18.2 Å². The summed E-state index contributed by atoms with van der Waals surface area (Å²) < 4.78 is 26.5. The van der Waals surface area contributed by atoms with E-state index in [4.69, 9.17) is 0 Å². The number of halogens is 2. The van der Waals surface area contributed by atoms with Crippen LogP contribution in [0.1, 0.15) is 23.2 Å². The first-order valence-corrected chi connectivity index (χ1v) is 5.87. The van der Waals surface area contributed by atoms with Crippen molar-refractivity contribution in [3.05, 3.63) is 29.3 Å². The van der Waals surface area contributed by atoms with Crippen LogP contribution < -0.4 is 4.90 Å². The minimum absolute atomic E-state index is 0.115. The summed E-state index contributed by atoms with van der Waals surface area (Å²) in [4.78, 5) is 24.7. The number of nitrogens with zero attached hydrogens (tertiary/aromatic N) is 1. The van der Waals surface area contributed by atoms with Gasteiger partial charge in [0.15, 0.2) is 17.4 Å². The van der Waals surface area contributed by atoms with Gasteiger partial charge in [0.25, 0.3) is 0 Å². The van der Waals surface area contributed by atoms with Crippen LogP contribution in [0.2, 0.25) is 0 Å². The Balaban J connectivity index is 2.13.